The molecule has 1 unspecified atom stereocenters. The fraction of sp³-hybridized carbons (Fsp3) is 0.600. The number of hydrogen-bond acceptors (Lipinski definition) is 11. The van der Waals surface area contributed by atoms with Crippen molar-refractivity contribution in [1.29, 1.82) is 0 Å². The molecule has 1 aromatic carbocycles. The number of likely N-dealkylation sites (tertiary alicyclic amines) is 3. The van der Waals surface area contributed by atoms with Gasteiger partial charge in [-0.15, -0.1) is 0 Å². The van der Waals surface area contributed by atoms with Crippen LogP contribution in [0.15, 0.2) is 48.9 Å². The molecular weight excluding hydrogens is 947 g/mol. The lowest BCUT2D eigenvalue weighted by Gasteiger charge is -2.48. The minimum Gasteiger partial charge on any atom is -0.366 e. The van der Waals surface area contributed by atoms with Crippen molar-refractivity contribution >= 4 is 63.7 Å². The van der Waals surface area contributed by atoms with Gasteiger partial charge >= 0.3 is 6.03 Å². The zero-order valence-electron chi connectivity index (χ0n) is 42.8. The fourth-order valence-corrected chi connectivity index (χ4v) is 13.2. The molecule has 3 aromatic heterocycles. The summed E-state index contributed by atoms with van der Waals surface area (Å²) < 4.78 is 34.1. The van der Waals surface area contributed by atoms with Crippen molar-refractivity contribution in [2.45, 2.75) is 140 Å². The molecule has 392 valence electrons. The Labute approximate surface area is 430 Å². The van der Waals surface area contributed by atoms with E-state index in [1.54, 1.807) is 12.1 Å². The minimum absolute atomic E-state index is 0.00997. The number of alkyl halides is 2. The predicted molar refractivity (Wildman–Crippen MR) is 276 cm³/mol. The molecule has 9 heterocycles. The van der Waals surface area contributed by atoms with E-state index in [-0.39, 0.29) is 68.8 Å². The van der Waals surface area contributed by atoms with Gasteiger partial charge < -0.3 is 34.4 Å². The molecule has 7 fully saturated rings. The number of aromatic nitrogens is 4. The number of hydrogen-bond donors (Lipinski definition) is 2. The maximum Gasteiger partial charge on any atom is 0.328 e. The second-order valence-corrected chi connectivity index (χ2v) is 23.1. The summed E-state index contributed by atoms with van der Waals surface area (Å²) in [5.74, 6) is -4.51. The first-order valence-electron chi connectivity index (χ1n) is 27.2. The van der Waals surface area contributed by atoms with E-state index in [0.29, 0.717) is 62.4 Å². The first kappa shape index (κ1) is 48.7. The largest absolute Gasteiger partial charge is 0.366 e. The van der Waals surface area contributed by atoms with Crippen LogP contribution in [0, 0.1) is 11.3 Å². The van der Waals surface area contributed by atoms with Crippen LogP contribution < -0.4 is 25.3 Å². The van der Waals surface area contributed by atoms with Crippen molar-refractivity contribution in [3.63, 3.8) is 0 Å². The highest BCUT2D eigenvalue weighted by Gasteiger charge is 2.57. The van der Waals surface area contributed by atoms with Crippen LogP contribution >= 0.6 is 0 Å². The Morgan fingerprint density at radius 3 is 2.24 bits per heavy atom. The highest BCUT2D eigenvalue weighted by atomic mass is 19.3. The second kappa shape index (κ2) is 18.5. The van der Waals surface area contributed by atoms with Gasteiger partial charge in [0.2, 0.25) is 23.6 Å². The van der Waals surface area contributed by atoms with Gasteiger partial charge in [0.1, 0.15) is 17.3 Å². The van der Waals surface area contributed by atoms with Crippen molar-refractivity contribution < 1.29 is 32.8 Å². The Kier molecular flexibility index (Phi) is 12.2. The van der Waals surface area contributed by atoms with Crippen molar-refractivity contribution in [3.8, 4) is 11.3 Å². The highest BCUT2D eigenvalue weighted by molar-refractivity contribution is 6.10. The quantitative estimate of drug-likeness (QED) is 0.166. The van der Waals surface area contributed by atoms with E-state index in [1.165, 1.54) is 40.2 Å². The van der Waals surface area contributed by atoms with Crippen molar-refractivity contribution in [3.05, 3.63) is 54.5 Å². The normalized spacial score (nSPS) is 25.9. The average molecular weight is 1020 g/mol. The van der Waals surface area contributed by atoms with E-state index in [9.17, 15) is 19.2 Å². The number of carbonyl (C=O) groups excluding carboxylic acids is 5. The van der Waals surface area contributed by atoms with Gasteiger partial charge in [0.25, 0.3) is 5.92 Å². The number of fused-ring (bicyclic) bond motifs is 3. The monoisotopic (exact) mass is 1010 g/mol. The molecule has 0 radical (unpaired) electrons. The third kappa shape index (κ3) is 8.53. The number of urea groups is 1. The Morgan fingerprint density at radius 2 is 1.57 bits per heavy atom. The van der Waals surface area contributed by atoms with E-state index in [1.807, 2.05) is 18.2 Å². The molecule has 12 rings (SSSR count). The Hall–Kier alpha value is -6.24. The van der Waals surface area contributed by atoms with Crippen molar-refractivity contribution in [2.75, 3.05) is 78.9 Å². The number of amides is 6. The van der Waals surface area contributed by atoms with Crippen molar-refractivity contribution in [1.82, 2.24) is 39.5 Å². The van der Waals surface area contributed by atoms with Gasteiger partial charge in [0, 0.05) is 86.5 Å². The minimum atomic E-state index is -3.33. The first-order valence-corrected chi connectivity index (χ1v) is 27.2. The van der Waals surface area contributed by atoms with Gasteiger partial charge in [-0.25, -0.2) is 28.5 Å². The summed E-state index contributed by atoms with van der Waals surface area (Å²) in [7, 11) is 0. The van der Waals surface area contributed by atoms with Gasteiger partial charge in [-0.05, 0) is 127 Å². The second-order valence-electron chi connectivity index (χ2n) is 23.1. The summed E-state index contributed by atoms with van der Waals surface area (Å²) in [6.45, 7) is 9.43. The van der Waals surface area contributed by atoms with Crippen LogP contribution in [0.1, 0.15) is 116 Å². The lowest BCUT2D eigenvalue weighted by Crippen LogP contribution is -2.59. The molecule has 4 aromatic rings. The van der Waals surface area contributed by atoms with Crippen LogP contribution in [0.2, 0.25) is 0 Å². The third-order valence-electron chi connectivity index (χ3n) is 18.0. The predicted octanol–water partition coefficient (Wildman–Crippen LogP) is 7.11. The summed E-state index contributed by atoms with van der Waals surface area (Å²) >= 11 is 0. The number of nitrogens with one attached hydrogen (secondary N) is 2. The molecule has 5 saturated heterocycles. The van der Waals surface area contributed by atoms with E-state index in [0.717, 1.165) is 78.1 Å². The lowest BCUT2D eigenvalue weighted by atomic mass is 9.72. The zero-order valence-corrected chi connectivity index (χ0v) is 42.8. The number of imide groups is 1. The number of pyridine rings is 2. The van der Waals surface area contributed by atoms with Crippen LogP contribution in [0.4, 0.5) is 36.6 Å². The molecule has 2 aliphatic carbocycles. The number of piperidine rings is 4. The molecule has 2 N–H and O–H groups in total. The number of carbonyl (C=O) groups is 5. The van der Waals surface area contributed by atoms with Crippen molar-refractivity contribution in [2.24, 2.45) is 11.3 Å². The van der Waals surface area contributed by atoms with Gasteiger partial charge in [-0.3, -0.25) is 29.4 Å². The molecule has 6 amide bonds. The summed E-state index contributed by atoms with van der Waals surface area (Å²) in [5, 5.41) is 5.95. The topological polar surface area (TPSA) is 172 Å². The van der Waals surface area contributed by atoms with Crippen LogP contribution in [0.25, 0.3) is 22.3 Å². The maximum absolute atomic E-state index is 15.9. The molecule has 1 atom stereocenters. The molecule has 8 aliphatic rings. The van der Waals surface area contributed by atoms with Gasteiger partial charge in [-0.2, -0.15) is 0 Å². The van der Waals surface area contributed by atoms with Crippen LogP contribution in [-0.4, -0.2) is 147 Å². The first-order chi connectivity index (χ1) is 35.6. The molecule has 17 nitrogen and oxygen atoms in total. The lowest BCUT2D eigenvalue weighted by molar-refractivity contribution is -0.158. The van der Waals surface area contributed by atoms with Crippen LogP contribution in [0.5, 0.6) is 0 Å². The van der Waals surface area contributed by atoms with E-state index >= 15 is 13.6 Å². The summed E-state index contributed by atoms with van der Waals surface area (Å²) in [5.41, 5.74) is 4.53. The smallest absolute Gasteiger partial charge is 0.328 e. The maximum atomic E-state index is 15.9. The molecule has 6 aliphatic heterocycles. The van der Waals surface area contributed by atoms with Crippen LogP contribution in [-0.2, 0) is 24.6 Å². The molecule has 1 spiro atoms. The number of imidazole rings is 1. The van der Waals surface area contributed by atoms with Gasteiger partial charge in [0.05, 0.1) is 41.4 Å². The Balaban J connectivity index is 0.716. The van der Waals surface area contributed by atoms with E-state index < -0.39 is 41.2 Å². The zero-order chi connectivity index (χ0) is 51.3. The molecule has 2 saturated carbocycles. The standard InChI is InChI=1S/C55H68F2N12O5/c1-34(2)68-33-59-43-30-42(61-48(47(43)68)60-36-8-9-36)35-7-11-40-44(27-35)69(39-28-38(29-39)63-19-5-4-6-20-63)51(73)54(40)17-25-65(26-18-54)50(72)53(3)15-23-64(24-16-53)49(71)41-13-21-66(32-55(41,56)57)45-12-10-37(31-58-45)67-22-14-46(70)62-52(67)74/h7,10-12,27,30-31,33-34,36,38-39,41H,4-6,8-9,13-26,28-29,32H2,1-3H3,(H,60,61)(H,62,70,74)/t38-,39+,41?. The number of anilines is 4. The highest BCUT2D eigenvalue weighted by Crippen LogP contribution is 2.53. The number of benzene rings is 1. The molecule has 74 heavy (non-hydrogen) atoms. The van der Waals surface area contributed by atoms with E-state index in [2.05, 4.69) is 68.1 Å². The number of halogens is 2. The van der Waals surface area contributed by atoms with Crippen LogP contribution in [0.3, 0.4) is 0 Å². The number of rotatable bonds is 10. The molecule has 19 heteroatoms. The SMILES string of the molecule is CC(C)n1cnc2cc(-c3ccc4c(c3)N([C@H]3C[C@@H](N5CCCCC5)C3)C(=O)C43CCN(C(=O)C4(C)CCN(C(=O)C5CCN(c6ccc(N7CCC(=O)NC7=O)cn6)CC5(F)F)CC4)CC3)nc(NC3CC3)c21. The summed E-state index contributed by atoms with van der Waals surface area (Å²) in [6.07, 6.45) is 13.0. The average Bonchev–Trinajstić information content (AvgIpc) is 4.06. The van der Waals surface area contributed by atoms with E-state index in [4.69, 9.17) is 9.97 Å². The molecule has 0 bridgehead atoms. The van der Waals surface area contributed by atoms with Gasteiger partial charge in [-0.1, -0.05) is 25.5 Å². The Bertz CT molecular complexity index is 2880. The number of nitrogens with zero attached hydrogens (tertiary/aromatic N) is 10. The van der Waals surface area contributed by atoms with Gasteiger partial charge in [0.15, 0.2) is 5.82 Å². The molecular formula is C55H68F2N12O5. The summed E-state index contributed by atoms with van der Waals surface area (Å²) in [6, 6.07) is 12.3. The third-order valence-corrected chi connectivity index (χ3v) is 18.0. The Morgan fingerprint density at radius 1 is 0.824 bits per heavy atom. The fourth-order valence-electron chi connectivity index (χ4n) is 13.2. The summed E-state index contributed by atoms with van der Waals surface area (Å²) in [4.78, 5) is 93.0.